The quantitative estimate of drug-likeness (QED) is 0.832. The maximum Gasteiger partial charge on any atom is 0.197 e. The number of anilines is 1. The molecule has 0 saturated carbocycles. The minimum atomic E-state index is 0.827. The smallest absolute Gasteiger partial charge is 0.197 e. The van der Waals surface area contributed by atoms with Crippen LogP contribution in [0.4, 0.5) is 5.82 Å². The van der Waals surface area contributed by atoms with E-state index in [1.54, 1.807) is 6.33 Å². The van der Waals surface area contributed by atoms with Gasteiger partial charge in [0.2, 0.25) is 0 Å². The van der Waals surface area contributed by atoms with Crippen molar-refractivity contribution in [2.24, 2.45) is 7.05 Å². The van der Waals surface area contributed by atoms with Crippen molar-refractivity contribution in [3.8, 4) is 0 Å². The van der Waals surface area contributed by atoms with E-state index >= 15 is 0 Å². The van der Waals surface area contributed by atoms with Crippen molar-refractivity contribution >= 4 is 17.6 Å². The van der Waals surface area contributed by atoms with Crippen molar-refractivity contribution in [1.82, 2.24) is 24.7 Å². The van der Waals surface area contributed by atoms with Gasteiger partial charge in [-0.1, -0.05) is 6.92 Å². The van der Waals surface area contributed by atoms with Crippen LogP contribution in [-0.2, 0) is 7.05 Å². The van der Waals surface area contributed by atoms with E-state index in [2.05, 4.69) is 32.4 Å². The molecule has 0 aliphatic heterocycles. The molecule has 2 aromatic heterocycles. The van der Waals surface area contributed by atoms with Gasteiger partial charge in [-0.3, -0.25) is 0 Å². The summed E-state index contributed by atoms with van der Waals surface area (Å²) in [5, 5.41) is 13.0. The monoisotopic (exact) mass is 264 g/mol. The SMILES string of the molecule is CCCNc1cc(Sc2nnc(C)n2C)ncn1. The third-order valence-electron chi connectivity index (χ3n) is 2.45. The molecule has 0 amide bonds. The van der Waals surface area contributed by atoms with Crippen molar-refractivity contribution in [3.63, 3.8) is 0 Å². The number of aromatic nitrogens is 5. The minimum Gasteiger partial charge on any atom is -0.370 e. The molecule has 0 spiro atoms. The Kier molecular flexibility index (Phi) is 4.14. The summed E-state index contributed by atoms with van der Waals surface area (Å²) in [5.74, 6) is 1.73. The van der Waals surface area contributed by atoms with Gasteiger partial charge in [-0.2, -0.15) is 0 Å². The van der Waals surface area contributed by atoms with Crippen molar-refractivity contribution in [2.45, 2.75) is 30.5 Å². The third-order valence-corrected chi connectivity index (χ3v) is 3.42. The molecule has 0 atom stereocenters. The van der Waals surface area contributed by atoms with Gasteiger partial charge in [-0.15, -0.1) is 10.2 Å². The molecule has 6 nitrogen and oxygen atoms in total. The summed E-state index contributed by atoms with van der Waals surface area (Å²) >= 11 is 1.48. The van der Waals surface area contributed by atoms with Crippen LogP contribution in [0.5, 0.6) is 0 Å². The van der Waals surface area contributed by atoms with E-state index in [0.717, 1.165) is 34.8 Å². The first kappa shape index (κ1) is 12.8. The molecular formula is C11H16N6S. The highest BCUT2D eigenvalue weighted by molar-refractivity contribution is 7.99. The largest absolute Gasteiger partial charge is 0.370 e. The summed E-state index contributed by atoms with van der Waals surface area (Å²) in [6, 6.07) is 1.92. The molecule has 0 aromatic carbocycles. The normalized spacial score (nSPS) is 10.6. The maximum atomic E-state index is 4.22. The highest BCUT2D eigenvalue weighted by atomic mass is 32.2. The molecule has 0 bridgehead atoms. The fraction of sp³-hybridized carbons (Fsp3) is 0.455. The van der Waals surface area contributed by atoms with E-state index in [9.17, 15) is 0 Å². The Balaban J connectivity index is 2.11. The van der Waals surface area contributed by atoms with Gasteiger partial charge >= 0.3 is 0 Å². The van der Waals surface area contributed by atoms with Gasteiger partial charge in [-0.25, -0.2) is 9.97 Å². The fourth-order valence-corrected chi connectivity index (χ4v) is 2.12. The van der Waals surface area contributed by atoms with E-state index in [1.807, 2.05) is 24.6 Å². The van der Waals surface area contributed by atoms with E-state index in [-0.39, 0.29) is 0 Å². The van der Waals surface area contributed by atoms with E-state index in [1.165, 1.54) is 11.8 Å². The predicted molar refractivity (Wildman–Crippen MR) is 70.7 cm³/mol. The van der Waals surface area contributed by atoms with Crippen molar-refractivity contribution in [2.75, 3.05) is 11.9 Å². The second-order valence-corrected chi connectivity index (χ2v) is 4.85. The van der Waals surface area contributed by atoms with Crippen molar-refractivity contribution < 1.29 is 0 Å². The molecular weight excluding hydrogens is 248 g/mol. The summed E-state index contributed by atoms with van der Waals surface area (Å²) < 4.78 is 1.94. The van der Waals surface area contributed by atoms with E-state index in [0.29, 0.717) is 0 Å². The Labute approximate surface area is 110 Å². The zero-order valence-corrected chi connectivity index (χ0v) is 11.5. The molecule has 0 aliphatic rings. The Hall–Kier alpha value is -1.63. The Morgan fingerprint density at radius 3 is 2.83 bits per heavy atom. The molecule has 18 heavy (non-hydrogen) atoms. The van der Waals surface area contributed by atoms with Crippen LogP contribution in [0.2, 0.25) is 0 Å². The molecule has 0 aliphatic carbocycles. The van der Waals surface area contributed by atoms with Crippen LogP contribution in [0.15, 0.2) is 22.6 Å². The molecule has 2 rings (SSSR count). The summed E-state index contributed by atoms with van der Waals surface area (Å²) in [4.78, 5) is 8.39. The third kappa shape index (κ3) is 2.98. The number of aryl methyl sites for hydroxylation is 1. The molecule has 0 radical (unpaired) electrons. The van der Waals surface area contributed by atoms with Crippen LogP contribution in [0.25, 0.3) is 0 Å². The molecule has 0 unspecified atom stereocenters. The average Bonchev–Trinajstić information content (AvgIpc) is 2.69. The molecule has 2 heterocycles. The van der Waals surface area contributed by atoms with Crippen molar-refractivity contribution in [3.05, 3.63) is 18.2 Å². The van der Waals surface area contributed by atoms with Crippen LogP contribution < -0.4 is 5.32 Å². The van der Waals surface area contributed by atoms with Crippen LogP contribution >= 0.6 is 11.8 Å². The lowest BCUT2D eigenvalue weighted by Gasteiger charge is -2.05. The molecule has 7 heteroatoms. The van der Waals surface area contributed by atoms with Crippen LogP contribution in [-0.4, -0.2) is 31.3 Å². The second kappa shape index (κ2) is 5.81. The molecule has 1 N–H and O–H groups in total. The van der Waals surface area contributed by atoms with Gasteiger partial charge in [0.15, 0.2) is 5.16 Å². The van der Waals surface area contributed by atoms with Crippen LogP contribution in [0, 0.1) is 6.92 Å². The van der Waals surface area contributed by atoms with Crippen LogP contribution in [0.3, 0.4) is 0 Å². The molecule has 2 aromatic rings. The van der Waals surface area contributed by atoms with Gasteiger partial charge in [0, 0.05) is 19.7 Å². The van der Waals surface area contributed by atoms with Gasteiger partial charge in [-0.05, 0) is 25.1 Å². The van der Waals surface area contributed by atoms with Gasteiger partial charge < -0.3 is 9.88 Å². The molecule has 0 saturated heterocycles. The minimum absolute atomic E-state index is 0.827. The Morgan fingerprint density at radius 1 is 1.33 bits per heavy atom. The number of nitrogens with one attached hydrogen (secondary N) is 1. The first-order valence-electron chi connectivity index (χ1n) is 5.80. The summed E-state index contributed by atoms with van der Waals surface area (Å²) in [7, 11) is 1.94. The maximum absolute atomic E-state index is 4.22. The zero-order valence-electron chi connectivity index (χ0n) is 10.7. The Morgan fingerprint density at radius 2 is 2.17 bits per heavy atom. The highest BCUT2D eigenvalue weighted by Crippen LogP contribution is 2.24. The zero-order chi connectivity index (χ0) is 13.0. The number of rotatable bonds is 5. The lowest BCUT2D eigenvalue weighted by atomic mass is 10.4. The molecule has 96 valence electrons. The van der Waals surface area contributed by atoms with Gasteiger partial charge in [0.05, 0.1) is 0 Å². The van der Waals surface area contributed by atoms with Gasteiger partial charge in [0.1, 0.15) is 23.0 Å². The topological polar surface area (TPSA) is 68.5 Å². The summed E-state index contributed by atoms with van der Waals surface area (Å²) in [6.45, 7) is 4.95. The summed E-state index contributed by atoms with van der Waals surface area (Å²) in [5.41, 5.74) is 0. The Bertz CT molecular complexity index is 524. The van der Waals surface area contributed by atoms with Crippen LogP contribution in [0.1, 0.15) is 19.2 Å². The fourth-order valence-electron chi connectivity index (χ4n) is 1.32. The molecule has 0 fully saturated rings. The number of hydrogen-bond donors (Lipinski definition) is 1. The van der Waals surface area contributed by atoms with Crippen molar-refractivity contribution in [1.29, 1.82) is 0 Å². The highest BCUT2D eigenvalue weighted by Gasteiger charge is 2.08. The summed E-state index contributed by atoms with van der Waals surface area (Å²) in [6.07, 6.45) is 2.62. The predicted octanol–water partition coefficient (Wildman–Crippen LogP) is 1.89. The standard InChI is InChI=1S/C11H16N6S/c1-4-5-12-9-6-10(14-7-13-9)18-11-16-15-8(2)17(11)3/h6-7H,4-5H2,1-3H3,(H,12,13,14). The first-order valence-corrected chi connectivity index (χ1v) is 6.62. The number of hydrogen-bond acceptors (Lipinski definition) is 6. The second-order valence-electron chi connectivity index (χ2n) is 3.86. The lowest BCUT2D eigenvalue weighted by molar-refractivity contribution is 0.764. The lowest BCUT2D eigenvalue weighted by Crippen LogP contribution is -2.02. The average molecular weight is 264 g/mol. The first-order chi connectivity index (χ1) is 8.70. The number of nitrogens with zero attached hydrogens (tertiary/aromatic N) is 5. The van der Waals surface area contributed by atoms with E-state index < -0.39 is 0 Å². The van der Waals surface area contributed by atoms with E-state index in [4.69, 9.17) is 0 Å². The van der Waals surface area contributed by atoms with Gasteiger partial charge in [0.25, 0.3) is 0 Å².